The first kappa shape index (κ1) is 14.4. The van der Waals surface area contributed by atoms with E-state index in [2.05, 4.69) is 0 Å². The van der Waals surface area contributed by atoms with E-state index in [1.807, 2.05) is 0 Å². The molecule has 0 spiro atoms. The Labute approximate surface area is 119 Å². The number of hydrogen-bond donors (Lipinski definition) is 1. The van der Waals surface area contributed by atoms with Crippen molar-refractivity contribution >= 4 is 17.3 Å². The van der Waals surface area contributed by atoms with Gasteiger partial charge in [0.05, 0.1) is 10.5 Å². The average molecular weight is 290 g/mol. The molecule has 0 fully saturated rings. The first-order valence-electron chi connectivity index (χ1n) is 5.93. The maximum absolute atomic E-state index is 13.0. The van der Waals surface area contributed by atoms with Gasteiger partial charge in [0, 0.05) is 17.8 Å². The number of carbonyl (C=O) groups is 1. The van der Waals surface area contributed by atoms with Gasteiger partial charge in [-0.1, -0.05) is 12.1 Å². The van der Waals surface area contributed by atoms with Crippen LogP contribution >= 0.6 is 0 Å². The number of nitro groups is 1. The van der Waals surface area contributed by atoms with Crippen LogP contribution in [0.2, 0.25) is 0 Å². The zero-order chi connectivity index (χ0) is 15.4. The van der Waals surface area contributed by atoms with Crippen LogP contribution in [0.4, 0.5) is 15.8 Å². The predicted molar refractivity (Wildman–Crippen MR) is 73.0 cm³/mol. The SMILES string of the molecule is Nc1ccc([N+](=O)[O-])cc1C(=O)OCc1cccc(F)c1. The van der Waals surface area contributed by atoms with Crippen LogP contribution in [-0.2, 0) is 11.3 Å². The minimum Gasteiger partial charge on any atom is -0.457 e. The van der Waals surface area contributed by atoms with Gasteiger partial charge in [-0.15, -0.1) is 0 Å². The van der Waals surface area contributed by atoms with Crippen molar-refractivity contribution in [2.24, 2.45) is 0 Å². The maximum Gasteiger partial charge on any atom is 0.340 e. The van der Waals surface area contributed by atoms with Gasteiger partial charge in [0.25, 0.3) is 5.69 Å². The highest BCUT2D eigenvalue weighted by Gasteiger charge is 2.16. The van der Waals surface area contributed by atoms with Crippen LogP contribution in [0.15, 0.2) is 42.5 Å². The molecule has 6 nitrogen and oxygen atoms in total. The van der Waals surface area contributed by atoms with Crippen molar-refractivity contribution in [2.45, 2.75) is 6.61 Å². The Morgan fingerprint density at radius 2 is 2.05 bits per heavy atom. The van der Waals surface area contributed by atoms with Crippen LogP contribution in [0, 0.1) is 15.9 Å². The van der Waals surface area contributed by atoms with E-state index in [0.29, 0.717) is 5.56 Å². The lowest BCUT2D eigenvalue weighted by molar-refractivity contribution is -0.384. The molecule has 0 unspecified atom stereocenters. The van der Waals surface area contributed by atoms with Gasteiger partial charge >= 0.3 is 5.97 Å². The van der Waals surface area contributed by atoms with Gasteiger partial charge in [0.1, 0.15) is 12.4 Å². The molecule has 2 aromatic carbocycles. The Bertz CT molecular complexity index is 703. The van der Waals surface area contributed by atoms with E-state index in [4.69, 9.17) is 10.5 Å². The number of nitrogens with two attached hydrogens (primary N) is 1. The van der Waals surface area contributed by atoms with Crippen LogP contribution in [0.1, 0.15) is 15.9 Å². The highest BCUT2D eigenvalue weighted by Crippen LogP contribution is 2.21. The number of anilines is 1. The third kappa shape index (κ3) is 3.53. The number of nitrogen functional groups attached to an aromatic ring is 1. The second kappa shape index (κ2) is 6.00. The summed E-state index contributed by atoms with van der Waals surface area (Å²) < 4.78 is 18.0. The Hall–Kier alpha value is -2.96. The molecule has 0 bridgehead atoms. The fourth-order valence-corrected chi connectivity index (χ4v) is 1.69. The number of hydrogen-bond acceptors (Lipinski definition) is 5. The highest BCUT2D eigenvalue weighted by molar-refractivity contribution is 5.95. The number of esters is 1. The molecular formula is C14H11FN2O4. The molecule has 2 N–H and O–H groups in total. The van der Waals surface area contributed by atoms with Crippen LogP contribution in [0.5, 0.6) is 0 Å². The summed E-state index contributed by atoms with van der Waals surface area (Å²) in [6, 6.07) is 9.07. The number of nitrogens with zero attached hydrogens (tertiary/aromatic N) is 1. The number of carbonyl (C=O) groups excluding carboxylic acids is 1. The summed E-state index contributed by atoms with van der Waals surface area (Å²) in [7, 11) is 0. The molecule has 0 radical (unpaired) electrons. The molecule has 21 heavy (non-hydrogen) atoms. The normalized spacial score (nSPS) is 10.1. The van der Waals surface area contributed by atoms with Gasteiger partial charge in [0.2, 0.25) is 0 Å². The summed E-state index contributed by atoms with van der Waals surface area (Å²) >= 11 is 0. The van der Waals surface area contributed by atoms with Crippen molar-refractivity contribution in [3.05, 3.63) is 69.5 Å². The molecule has 2 rings (SSSR count). The van der Waals surface area contributed by atoms with E-state index < -0.39 is 16.7 Å². The quantitative estimate of drug-likeness (QED) is 0.404. The van der Waals surface area contributed by atoms with Crippen LogP contribution in [-0.4, -0.2) is 10.9 Å². The third-order valence-electron chi connectivity index (χ3n) is 2.73. The third-order valence-corrected chi connectivity index (χ3v) is 2.73. The van der Waals surface area contributed by atoms with E-state index in [1.54, 1.807) is 6.07 Å². The van der Waals surface area contributed by atoms with E-state index in [-0.39, 0.29) is 23.5 Å². The molecule has 7 heteroatoms. The van der Waals surface area contributed by atoms with Gasteiger partial charge < -0.3 is 10.5 Å². The Balaban J connectivity index is 2.13. The second-order valence-corrected chi connectivity index (χ2v) is 4.23. The number of non-ortho nitro benzene ring substituents is 1. The molecule has 2 aromatic rings. The van der Waals surface area contributed by atoms with Crippen molar-refractivity contribution < 1.29 is 18.8 Å². The summed E-state index contributed by atoms with van der Waals surface area (Å²) in [4.78, 5) is 21.9. The van der Waals surface area contributed by atoms with E-state index in [0.717, 1.165) is 6.07 Å². The standard InChI is InChI=1S/C14H11FN2O4/c15-10-3-1-2-9(6-10)8-21-14(18)12-7-11(17(19)20)4-5-13(12)16/h1-7H,8,16H2. The first-order valence-corrected chi connectivity index (χ1v) is 5.93. The van der Waals surface area contributed by atoms with Crippen molar-refractivity contribution in [2.75, 3.05) is 5.73 Å². The van der Waals surface area contributed by atoms with Gasteiger partial charge in [-0.3, -0.25) is 10.1 Å². The van der Waals surface area contributed by atoms with Gasteiger partial charge in [-0.2, -0.15) is 0 Å². The molecule has 0 saturated heterocycles. The molecule has 0 aromatic heterocycles. The fourth-order valence-electron chi connectivity index (χ4n) is 1.69. The summed E-state index contributed by atoms with van der Waals surface area (Å²) in [6.07, 6.45) is 0. The fraction of sp³-hybridized carbons (Fsp3) is 0.0714. The number of rotatable bonds is 4. The zero-order valence-corrected chi connectivity index (χ0v) is 10.8. The lowest BCUT2D eigenvalue weighted by Crippen LogP contribution is -2.09. The number of benzene rings is 2. The molecule has 0 saturated carbocycles. The number of nitro benzene ring substituents is 1. The summed E-state index contributed by atoms with van der Waals surface area (Å²) in [6.45, 7) is -0.154. The molecule has 0 aliphatic heterocycles. The van der Waals surface area contributed by atoms with Crippen LogP contribution in [0.25, 0.3) is 0 Å². The first-order chi connectivity index (χ1) is 9.97. The minimum atomic E-state index is -0.805. The van der Waals surface area contributed by atoms with Crippen LogP contribution < -0.4 is 5.73 Å². The largest absolute Gasteiger partial charge is 0.457 e. The van der Waals surface area contributed by atoms with Crippen molar-refractivity contribution in [1.29, 1.82) is 0 Å². The van der Waals surface area contributed by atoms with E-state index in [1.165, 1.54) is 30.3 Å². The Morgan fingerprint density at radius 1 is 1.29 bits per heavy atom. The average Bonchev–Trinajstić information content (AvgIpc) is 2.45. The molecule has 0 amide bonds. The predicted octanol–water partition coefficient (Wildman–Crippen LogP) is 2.67. The molecular weight excluding hydrogens is 279 g/mol. The topological polar surface area (TPSA) is 95.5 Å². The molecule has 0 heterocycles. The zero-order valence-electron chi connectivity index (χ0n) is 10.8. The monoisotopic (exact) mass is 290 g/mol. The van der Waals surface area contributed by atoms with Gasteiger partial charge in [0.15, 0.2) is 0 Å². The number of halogens is 1. The summed E-state index contributed by atoms with van der Waals surface area (Å²) in [5, 5.41) is 10.7. The molecule has 0 aliphatic rings. The second-order valence-electron chi connectivity index (χ2n) is 4.23. The van der Waals surface area contributed by atoms with Crippen molar-refractivity contribution in [1.82, 2.24) is 0 Å². The van der Waals surface area contributed by atoms with Gasteiger partial charge in [-0.25, -0.2) is 9.18 Å². The lowest BCUT2D eigenvalue weighted by Gasteiger charge is -2.07. The summed E-state index contributed by atoms with van der Waals surface area (Å²) in [5.41, 5.74) is 5.78. The molecule has 108 valence electrons. The maximum atomic E-state index is 13.0. The van der Waals surface area contributed by atoms with Crippen LogP contribution in [0.3, 0.4) is 0 Å². The van der Waals surface area contributed by atoms with E-state index in [9.17, 15) is 19.3 Å². The van der Waals surface area contributed by atoms with E-state index >= 15 is 0 Å². The molecule has 0 atom stereocenters. The van der Waals surface area contributed by atoms with Crippen molar-refractivity contribution in [3.8, 4) is 0 Å². The minimum absolute atomic E-state index is 0.0739. The smallest absolute Gasteiger partial charge is 0.340 e. The van der Waals surface area contributed by atoms with Crippen molar-refractivity contribution in [3.63, 3.8) is 0 Å². The Morgan fingerprint density at radius 3 is 2.71 bits per heavy atom. The lowest BCUT2D eigenvalue weighted by atomic mass is 10.1. The Kier molecular flexibility index (Phi) is 4.13. The highest BCUT2D eigenvalue weighted by atomic mass is 19.1. The number of ether oxygens (including phenoxy) is 1. The van der Waals surface area contributed by atoms with Gasteiger partial charge in [-0.05, 0) is 23.8 Å². The summed E-state index contributed by atoms with van der Waals surface area (Å²) in [5.74, 6) is -1.25. The molecule has 0 aliphatic carbocycles.